The number of fused-ring (bicyclic) bond motifs is 1. The normalized spacial score (nSPS) is 16.8. The van der Waals surface area contributed by atoms with Gasteiger partial charge in [0, 0.05) is 30.4 Å². The van der Waals surface area contributed by atoms with E-state index in [0.717, 1.165) is 75.6 Å². The van der Waals surface area contributed by atoms with Gasteiger partial charge in [-0.1, -0.05) is 37.8 Å². The van der Waals surface area contributed by atoms with Gasteiger partial charge in [0.05, 0.1) is 12.2 Å². The molecule has 0 saturated carbocycles. The van der Waals surface area contributed by atoms with Gasteiger partial charge in [0.2, 0.25) is 11.8 Å². The molecule has 2 atom stereocenters. The maximum Gasteiger partial charge on any atom is 0.490 e. The summed E-state index contributed by atoms with van der Waals surface area (Å²) in [5, 5.41) is 23.1. The van der Waals surface area contributed by atoms with Crippen LogP contribution in [0, 0.1) is 11.6 Å². The van der Waals surface area contributed by atoms with Crippen LogP contribution >= 0.6 is 0 Å². The molecule has 59 heavy (non-hydrogen) atoms. The molecular formula is C41H49F5N8O5. The third-order valence-electron chi connectivity index (χ3n) is 10.4. The zero-order valence-corrected chi connectivity index (χ0v) is 32.7. The number of halogens is 5. The highest BCUT2D eigenvalue weighted by atomic mass is 19.4. The smallest absolute Gasteiger partial charge is 0.475 e. The van der Waals surface area contributed by atoms with Crippen LogP contribution in [0.2, 0.25) is 0 Å². The molecule has 2 aliphatic heterocycles. The molecule has 18 heteroatoms. The summed E-state index contributed by atoms with van der Waals surface area (Å²) in [6.07, 6.45) is 7.88. The number of aromatic nitrogens is 3. The van der Waals surface area contributed by atoms with E-state index in [2.05, 4.69) is 48.4 Å². The van der Waals surface area contributed by atoms with Gasteiger partial charge in [-0.15, -0.1) is 0 Å². The van der Waals surface area contributed by atoms with Gasteiger partial charge in [0.15, 0.2) is 5.65 Å². The third-order valence-corrected chi connectivity index (χ3v) is 10.4. The second-order valence-corrected chi connectivity index (χ2v) is 14.7. The summed E-state index contributed by atoms with van der Waals surface area (Å²) in [7, 11) is 0. The second kappa shape index (κ2) is 20.9. The van der Waals surface area contributed by atoms with Gasteiger partial charge in [-0.3, -0.25) is 19.7 Å². The molecule has 2 aromatic heterocycles. The van der Waals surface area contributed by atoms with E-state index >= 15 is 0 Å². The van der Waals surface area contributed by atoms with Crippen molar-refractivity contribution in [1.82, 2.24) is 30.1 Å². The highest BCUT2D eigenvalue weighted by molar-refractivity contribution is 6.01. The molecule has 13 nitrogen and oxygen atoms in total. The summed E-state index contributed by atoms with van der Waals surface area (Å²) in [5.74, 6) is -3.51. The zero-order valence-electron chi connectivity index (χ0n) is 32.7. The van der Waals surface area contributed by atoms with Crippen LogP contribution in [0.25, 0.3) is 5.65 Å². The van der Waals surface area contributed by atoms with Crippen LogP contribution in [-0.2, 0) is 14.4 Å². The van der Waals surface area contributed by atoms with Crippen LogP contribution < -0.4 is 21.3 Å². The maximum absolute atomic E-state index is 14.2. The maximum atomic E-state index is 14.2. The molecule has 4 heterocycles. The van der Waals surface area contributed by atoms with E-state index in [9.17, 15) is 36.3 Å². The summed E-state index contributed by atoms with van der Waals surface area (Å²) in [5.41, 5.74) is 3.17. The number of benzene rings is 2. The lowest BCUT2D eigenvalue weighted by molar-refractivity contribution is -0.192. The zero-order chi connectivity index (χ0) is 42.5. The van der Waals surface area contributed by atoms with Gasteiger partial charge in [-0.25, -0.2) is 23.1 Å². The van der Waals surface area contributed by atoms with E-state index in [-0.39, 0.29) is 29.3 Å². The number of anilines is 2. The molecule has 0 bridgehead atoms. The van der Waals surface area contributed by atoms with Crippen molar-refractivity contribution < 1.29 is 46.2 Å². The van der Waals surface area contributed by atoms with Crippen LogP contribution in [0.4, 0.5) is 33.5 Å². The SMILES string of the molecule is CC(Nc1ccn2ncc(C(=O)NCCCCCCCCN3CCC(c4ccc(NC5CCC(=O)NC5=O)cc4)CC3)c2n1)c1cc(F)ccc1F.O=C(O)C(F)(F)F. The van der Waals surface area contributed by atoms with Gasteiger partial charge in [0.1, 0.15) is 29.1 Å². The van der Waals surface area contributed by atoms with Crippen molar-refractivity contribution in [2.24, 2.45) is 0 Å². The predicted molar refractivity (Wildman–Crippen MR) is 210 cm³/mol. The Morgan fingerprint density at radius 3 is 2.31 bits per heavy atom. The number of carbonyl (C=O) groups excluding carboxylic acids is 3. The summed E-state index contributed by atoms with van der Waals surface area (Å²) >= 11 is 0. The predicted octanol–water partition coefficient (Wildman–Crippen LogP) is 6.98. The van der Waals surface area contributed by atoms with E-state index in [1.807, 2.05) is 12.1 Å². The molecule has 4 aromatic rings. The average molecular weight is 829 g/mol. The van der Waals surface area contributed by atoms with E-state index in [1.54, 1.807) is 19.2 Å². The number of unbranched alkanes of at least 4 members (excludes halogenated alkanes) is 5. The Morgan fingerprint density at radius 2 is 1.63 bits per heavy atom. The van der Waals surface area contributed by atoms with Gasteiger partial charge in [-0.05, 0) is 107 Å². The summed E-state index contributed by atoms with van der Waals surface area (Å²) in [6, 6.07) is 12.5. The van der Waals surface area contributed by atoms with Crippen molar-refractivity contribution in [3.05, 3.63) is 89.2 Å². The van der Waals surface area contributed by atoms with Crippen LogP contribution in [0.5, 0.6) is 0 Å². The average Bonchev–Trinajstić information content (AvgIpc) is 3.63. The second-order valence-electron chi connectivity index (χ2n) is 14.7. The molecule has 2 fully saturated rings. The molecule has 6 rings (SSSR count). The fourth-order valence-electron chi connectivity index (χ4n) is 7.09. The number of alkyl halides is 3. The van der Waals surface area contributed by atoms with Crippen molar-refractivity contribution in [1.29, 1.82) is 0 Å². The minimum absolute atomic E-state index is 0.189. The first-order chi connectivity index (χ1) is 28.2. The largest absolute Gasteiger partial charge is 0.490 e. The quantitative estimate of drug-likeness (QED) is 0.0451. The van der Waals surface area contributed by atoms with Crippen LogP contribution in [0.3, 0.4) is 0 Å². The number of aliphatic carboxylic acids is 1. The summed E-state index contributed by atoms with van der Waals surface area (Å²) < 4.78 is 61.1. The molecule has 318 valence electrons. The van der Waals surface area contributed by atoms with Crippen molar-refractivity contribution in [2.45, 2.75) is 95.3 Å². The van der Waals surface area contributed by atoms with Gasteiger partial charge in [-0.2, -0.15) is 18.3 Å². The Balaban J connectivity index is 0.000000867. The highest BCUT2D eigenvalue weighted by Crippen LogP contribution is 2.30. The number of hydrogen-bond donors (Lipinski definition) is 5. The minimum atomic E-state index is -5.08. The van der Waals surface area contributed by atoms with Crippen molar-refractivity contribution in [3.8, 4) is 0 Å². The number of nitrogens with zero attached hydrogens (tertiary/aromatic N) is 4. The molecule has 0 aliphatic carbocycles. The van der Waals surface area contributed by atoms with Gasteiger partial charge in [0.25, 0.3) is 5.91 Å². The summed E-state index contributed by atoms with van der Waals surface area (Å²) in [4.78, 5) is 52.4. The molecule has 0 spiro atoms. The molecule has 2 saturated heterocycles. The minimum Gasteiger partial charge on any atom is -0.475 e. The number of piperidine rings is 2. The Hall–Kier alpha value is -5.65. The first kappa shape index (κ1) is 44.5. The number of imide groups is 1. The van der Waals surface area contributed by atoms with Gasteiger partial charge >= 0.3 is 12.1 Å². The first-order valence-corrected chi connectivity index (χ1v) is 19.7. The molecule has 0 radical (unpaired) electrons. The lowest BCUT2D eigenvalue weighted by Gasteiger charge is -2.32. The fourth-order valence-corrected chi connectivity index (χ4v) is 7.09. The lowest BCUT2D eigenvalue weighted by Crippen LogP contribution is -2.47. The Labute approximate surface area is 338 Å². The highest BCUT2D eigenvalue weighted by Gasteiger charge is 2.38. The molecule has 3 amide bonds. The number of likely N-dealkylation sites (tertiary alicyclic amines) is 1. The molecule has 5 N–H and O–H groups in total. The Morgan fingerprint density at radius 1 is 0.949 bits per heavy atom. The van der Waals surface area contributed by atoms with Crippen molar-refractivity contribution >= 4 is 40.8 Å². The van der Waals surface area contributed by atoms with Crippen molar-refractivity contribution in [3.63, 3.8) is 0 Å². The number of nitrogens with one attached hydrogen (secondary N) is 4. The number of carboxylic acid groups (broad SMARTS) is 1. The number of rotatable bonds is 16. The Kier molecular flexibility index (Phi) is 15.7. The van der Waals surface area contributed by atoms with E-state index < -0.39 is 29.8 Å². The van der Waals surface area contributed by atoms with Crippen molar-refractivity contribution in [2.75, 3.05) is 36.8 Å². The van der Waals surface area contributed by atoms with E-state index in [1.165, 1.54) is 35.5 Å². The summed E-state index contributed by atoms with van der Waals surface area (Å²) in [6.45, 7) is 5.62. The molecule has 2 aliphatic rings. The number of carbonyl (C=O) groups is 4. The molecule has 2 unspecified atom stereocenters. The van der Waals surface area contributed by atoms with Crippen LogP contribution in [0.1, 0.15) is 105 Å². The number of carboxylic acids is 1. The third kappa shape index (κ3) is 13.2. The van der Waals surface area contributed by atoms with E-state index in [4.69, 9.17) is 9.90 Å². The molecule has 2 aromatic carbocycles. The van der Waals surface area contributed by atoms with E-state index in [0.29, 0.717) is 42.3 Å². The molecular weight excluding hydrogens is 779 g/mol. The standard InChI is InChI=1S/C39H48F2N8O3.C2HF3O2/c1-26(31-24-29(40)10-13-33(31)41)44-35-18-23-49-37(46-35)32(25-43-49)38(51)42-19-6-4-2-3-5-7-20-48-21-16-28(17-22-48)27-8-11-30(12-9-27)45-34-14-15-36(50)47-39(34)52;3-2(4,5)1(6)7/h8-13,18,23-26,28,34,45H,2-7,14-17,19-22H2,1H3,(H,42,51)(H,44,46)(H,47,50,52);(H,6,7). The first-order valence-electron chi connectivity index (χ1n) is 19.7. The van der Waals surface area contributed by atoms with Gasteiger partial charge < -0.3 is 26.0 Å². The number of hydrogen-bond acceptors (Lipinski definition) is 9. The lowest BCUT2D eigenvalue weighted by atomic mass is 9.89. The Bertz CT molecular complexity index is 2050. The topological polar surface area (TPSA) is 170 Å². The number of amides is 3. The van der Waals surface area contributed by atoms with Crippen LogP contribution in [-0.4, -0.2) is 86.7 Å². The van der Waals surface area contributed by atoms with Crippen LogP contribution in [0.15, 0.2) is 60.9 Å². The monoisotopic (exact) mass is 828 g/mol. The fraction of sp³-hybridized carbons (Fsp3) is 0.463.